The highest BCUT2D eigenvalue weighted by Crippen LogP contribution is 2.39. The average molecular weight is 498 g/mol. The Kier molecular flexibility index (Phi) is 7.07. The lowest BCUT2D eigenvalue weighted by atomic mass is 9.81. The van der Waals surface area contributed by atoms with Gasteiger partial charge in [0.25, 0.3) is 0 Å². The van der Waals surface area contributed by atoms with Crippen LogP contribution in [-0.4, -0.2) is 39.6 Å². The van der Waals surface area contributed by atoms with E-state index in [0.29, 0.717) is 23.7 Å². The quantitative estimate of drug-likeness (QED) is 0.435. The number of carbonyl (C=O) groups is 4. The highest BCUT2D eigenvalue weighted by molar-refractivity contribution is 7.14. The molecule has 4 rings (SSSR count). The number of benzene rings is 1. The van der Waals surface area contributed by atoms with Crippen molar-refractivity contribution in [3.05, 3.63) is 39.9 Å². The van der Waals surface area contributed by atoms with E-state index < -0.39 is 12.0 Å². The first-order valence-electron chi connectivity index (χ1n) is 12.0. The van der Waals surface area contributed by atoms with Crippen molar-refractivity contribution in [3.8, 4) is 0 Å². The summed E-state index contributed by atoms with van der Waals surface area (Å²) in [5.74, 6) is -1.95. The Morgan fingerprint density at radius 2 is 1.69 bits per heavy atom. The van der Waals surface area contributed by atoms with Crippen LogP contribution in [0, 0.1) is 32.6 Å². The van der Waals surface area contributed by atoms with Crippen molar-refractivity contribution in [1.29, 1.82) is 0 Å². The standard InChI is InChI=1S/C26H31N3O5S/c1-14-10-15(2)22(16(3)11-14)29(18(5)30)26-27-19(13-35-26)12-34-25(33)17(4)28-23(31)20-8-6-7-9-21(20)24(28)32/h10-11,13,17,20-21H,6-9,12H2,1-5H3. The number of aromatic nitrogens is 1. The number of imide groups is 1. The predicted molar refractivity (Wildman–Crippen MR) is 132 cm³/mol. The van der Waals surface area contributed by atoms with Crippen molar-refractivity contribution in [2.75, 3.05) is 4.90 Å². The monoisotopic (exact) mass is 497 g/mol. The lowest BCUT2D eigenvalue weighted by Crippen LogP contribution is -2.44. The molecule has 1 saturated heterocycles. The highest BCUT2D eigenvalue weighted by atomic mass is 32.1. The second kappa shape index (κ2) is 9.89. The molecule has 1 aromatic carbocycles. The molecular weight excluding hydrogens is 466 g/mol. The van der Waals surface area contributed by atoms with Crippen LogP contribution in [0.2, 0.25) is 0 Å². The molecule has 1 aliphatic heterocycles. The van der Waals surface area contributed by atoms with Gasteiger partial charge in [-0.1, -0.05) is 30.5 Å². The molecule has 3 unspecified atom stereocenters. The van der Waals surface area contributed by atoms with Crippen molar-refractivity contribution in [3.63, 3.8) is 0 Å². The summed E-state index contributed by atoms with van der Waals surface area (Å²) >= 11 is 1.29. The number of rotatable bonds is 6. The van der Waals surface area contributed by atoms with Gasteiger partial charge in [0.15, 0.2) is 5.13 Å². The number of aryl methyl sites for hydroxylation is 3. The van der Waals surface area contributed by atoms with E-state index in [-0.39, 0.29) is 36.2 Å². The van der Waals surface area contributed by atoms with E-state index in [1.165, 1.54) is 25.2 Å². The molecule has 35 heavy (non-hydrogen) atoms. The van der Waals surface area contributed by atoms with Crippen molar-refractivity contribution in [2.24, 2.45) is 11.8 Å². The van der Waals surface area contributed by atoms with Crippen LogP contribution in [0.15, 0.2) is 17.5 Å². The third-order valence-corrected chi connectivity index (χ3v) is 7.75. The number of amides is 3. The van der Waals surface area contributed by atoms with Gasteiger partial charge < -0.3 is 4.74 Å². The summed E-state index contributed by atoms with van der Waals surface area (Å²) in [6.45, 7) is 8.84. The molecule has 186 valence electrons. The van der Waals surface area contributed by atoms with Gasteiger partial charge in [-0.25, -0.2) is 9.78 Å². The maximum Gasteiger partial charge on any atom is 0.329 e. The third kappa shape index (κ3) is 4.74. The summed E-state index contributed by atoms with van der Waals surface area (Å²) < 4.78 is 5.43. The lowest BCUT2D eigenvalue weighted by molar-refractivity contribution is -0.159. The largest absolute Gasteiger partial charge is 0.458 e. The minimum Gasteiger partial charge on any atom is -0.458 e. The van der Waals surface area contributed by atoms with E-state index in [9.17, 15) is 19.2 Å². The molecular formula is C26H31N3O5S. The maximum atomic E-state index is 12.8. The zero-order valence-electron chi connectivity index (χ0n) is 20.8. The molecule has 0 spiro atoms. The molecule has 1 aliphatic carbocycles. The summed E-state index contributed by atoms with van der Waals surface area (Å²) in [7, 11) is 0. The molecule has 3 atom stereocenters. The number of thiazole rings is 1. The molecule has 1 aromatic heterocycles. The van der Waals surface area contributed by atoms with Gasteiger partial charge in [0.2, 0.25) is 17.7 Å². The Bertz CT molecular complexity index is 1140. The van der Waals surface area contributed by atoms with Gasteiger partial charge in [0.1, 0.15) is 12.6 Å². The van der Waals surface area contributed by atoms with Gasteiger partial charge in [-0.3, -0.25) is 24.2 Å². The summed E-state index contributed by atoms with van der Waals surface area (Å²) in [6, 6.07) is 3.06. The van der Waals surface area contributed by atoms with Crippen LogP contribution in [0.3, 0.4) is 0 Å². The van der Waals surface area contributed by atoms with Gasteiger partial charge in [0, 0.05) is 12.3 Å². The molecule has 2 fully saturated rings. The normalized spacial score (nSPS) is 20.5. The van der Waals surface area contributed by atoms with E-state index in [1.807, 2.05) is 32.9 Å². The molecule has 2 aromatic rings. The van der Waals surface area contributed by atoms with Crippen molar-refractivity contribution in [2.45, 2.75) is 73.0 Å². The Balaban J connectivity index is 1.45. The van der Waals surface area contributed by atoms with Crippen LogP contribution in [0.5, 0.6) is 0 Å². The highest BCUT2D eigenvalue weighted by Gasteiger charge is 2.51. The van der Waals surface area contributed by atoms with Crippen LogP contribution >= 0.6 is 11.3 Å². The summed E-state index contributed by atoms with van der Waals surface area (Å²) in [6.07, 6.45) is 3.25. The van der Waals surface area contributed by atoms with E-state index in [0.717, 1.165) is 40.1 Å². The number of hydrogen-bond donors (Lipinski definition) is 0. The van der Waals surface area contributed by atoms with Gasteiger partial charge >= 0.3 is 5.97 Å². The molecule has 0 radical (unpaired) electrons. The van der Waals surface area contributed by atoms with Gasteiger partial charge in [0.05, 0.1) is 23.2 Å². The summed E-state index contributed by atoms with van der Waals surface area (Å²) in [4.78, 5) is 58.0. The Morgan fingerprint density at radius 1 is 1.11 bits per heavy atom. The second-order valence-electron chi connectivity index (χ2n) is 9.55. The van der Waals surface area contributed by atoms with Gasteiger partial charge in [-0.05, 0) is 51.7 Å². The number of nitrogens with zero attached hydrogens (tertiary/aromatic N) is 3. The minimum absolute atomic E-state index is 0.111. The average Bonchev–Trinajstić information content (AvgIpc) is 3.36. The smallest absolute Gasteiger partial charge is 0.329 e. The molecule has 9 heteroatoms. The zero-order chi connectivity index (χ0) is 25.4. The SMILES string of the molecule is CC(=O)N(c1nc(COC(=O)C(C)N2C(=O)C3CCCCC3C2=O)cs1)c1c(C)cc(C)cc1C. The van der Waals surface area contributed by atoms with Crippen molar-refractivity contribution < 1.29 is 23.9 Å². The fourth-order valence-electron chi connectivity index (χ4n) is 5.32. The first kappa shape index (κ1) is 25.0. The van der Waals surface area contributed by atoms with Gasteiger partial charge in [-0.2, -0.15) is 0 Å². The van der Waals surface area contributed by atoms with E-state index in [2.05, 4.69) is 4.98 Å². The molecule has 2 aliphatic rings. The maximum absolute atomic E-state index is 12.8. The Labute approximate surface area is 209 Å². The van der Waals surface area contributed by atoms with Crippen LogP contribution < -0.4 is 4.90 Å². The number of ether oxygens (including phenoxy) is 1. The Morgan fingerprint density at radius 3 is 2.23 bits per heavy atom. The Hall–Kier alpha value is -3.07. The second-order valence-corrected chi connectivity index (χ2v) is 10.4. The number of likely N-dealkylation sites (tertiary alicyclic amines) is 1. The summed E-state index contributed by atoms with van der Waals surface area (Å²) in [5, 5.41) is 2.23. The van der Waals surface area contributed by atoms with Crippen LogP contribution in [0.4, 0.5) is 10.8 Å². The van der Waals surface area contributed by atoms with Crippen LogP contribution in [0.1, 0.15) is 61.9 Å². The fraction of sp³-hybridized carbons (Fsp3) is 0.500. The number of fused-ring (bicyclic) bond motifs is 1. The topological polar surface area (TPSA) is 96.9 Å². The van der Waals surface area contributed by atoms with Crippen LogP contribution in [0.25, 0.3) is 0 Å². The first-order chi connectivity index (χ1) is 16.6. The lowest BCUT2D eigenvalue weighted by Gasteiger charge is -2.23. The number of anilines is 2. The zero-order valence-corrected chi connectivity index (χ0v) is 21.6. The number of esters is 1. The predicted octanol–water partition coefficient (Wildman–Crippen LogP) is 4.36. The summed E-state index contributed by atoms with van der Waals surface area (Å²) in [5.41, 5.74) is 4.34. The first-order valence-corrected chi connectivity index (χ1v) is 12.8. The molecule has 0 N–H and O–H groups in total. The van der Waals surface area contributed by atoms with E-state index in [4.69, 9.17) is 4.74 Å². The molecule has 8 nitrogen and oxygen atoms in total. The molecule has 2 heterocycles. The van der Waals surface area contributed by atoms with Crippen molar-refractivity contribution >= 4 is 45.8 Å². The van der Waals surface area contributed by atoms with E-state index >= 15 is 0 Å². The minimum atomic E-state index is -0.981. The van der Waals surface area contributed by atoms with Crippen LogP contribution in [-0.2, 0) is 30.5 Å². The number of carbonyl (C=O) groups excluding carboxylic acids is 4. The fourth-order valence-corrected chi connectivity index (χ4v) is 6.18. The molecule has 0 bridgehead atoms. The van der Waals surface area contributed by atoms with Gasteiger partial charge in [-0.15, -0.1) is 11.3 Å². The number of hydrogen-bond acceptors (Lipinski definition) is 7. The van der Waals surface area contributed by atoms with E-state index in [1.54, 1.807) is 10.3 Å². The molecule has 3 amide bonds. The van der Waals surface area contributed by atoms with Crippen molar-refractivity contribution in [1.82, 2.24) is 9.88 Å². The molecule has 1 saturated carbocycles. The third-order valence-electron chi connectivity index (χ3n) is 6.87.